The molecule has 0 aliphatic heterocycles. The Kier molecular flexibility index (Phi) is 6.04. The molecule has 0 saturated heterocycles. The highest BCUT2D eigenvalue weighted by atomic mass is 14.7. The molecule has 0 spiro atoms. The van der Waals surface area contributed by atoms with Gasteiger partial charge in [0.2, 0.25) is 0 Å². The van der Waals surface area contributed by atoms with Gasteiger partial charge in [0, 0.05) is 12.8 Å². The molecule has 0 N–H and O–H groups in total. The molecule has 2 atom stereocenters. The van der Waals surface area contributed by atoms with Crippen LogP contribution in [0.3, 0.4) is 0 Å². The third kappa shape index (κ3) is 5.34. The zero-order valence-electron chi connectivity index (χ0n) is 9.17. The Morgan fingerprint density at radius 3 is 2.17 bits per heavy atom. The van der Waals surface area contributed by atoms with Gasteiger partial charge < -0.3 is 0 Å². The molecule has 0 aliphatic carbocycles. The van der Waals surface area contributed by atoms with E-state index in [1.807, 2.05) is 0 Å². The molecular weight excluding hydrogens is 146 g/mol. The van der Waals surface area contributed by atoms with Gasteiger partial charge in [0.25, 0.3) is 0 Å². The van der Waals surface area contributed by atoms with Gasteiger partial charge in [-0.25, -0.2) is 0 Å². The molecule has 0 radical (unpaired) electrons. The van der Waals surface area contributed by atoms with Gasteiger partial charge in [-0.2, -0.15) is 0 Å². The smallest absolute Gasteiger partial charge is 0.0413 e. The largest absolute Gasteiger partial charge is 0.297 e. The second-order valence-corrected chi connectivity index (χ2v) is 4.12. The van der Waals surface area contributed by atoms with Crippen molar-refractivity contribution < 1.29 is 0 Å². The van der Waals surface area contributed by atoms with Gasteiger partial charge >= 0.3 is 0 Å². The molecule has 0 fully saturated rings. The summed E-state index contributed by atoms with van der Waals surface area (Å²) in [6.07, 6.45) is 3.29. The fourth-order valence-corrected chi connectivity index (χ4v) is 0.723. The maximum Gasteiger partial charge on any atom is 0.0413 e. The predicted octanol–water partition coefficient (Wildman–Crippen LogP) is 3.40. The van der Waals surface area contributed by atoms with E-state index in [9.17, 15) is 0 Å². The van der Waals surface area contributed by atoms with E-state index in [0.717, 1.165) is 12.5 Å². The maximum atomic E-state index is 4.44. The summed E-state index contributed by atoms with van der Waals surface area (Å²) in [5.74, 6) is 2.11. The summed E-state index contributed by atoms with van der Waals surface area (Å²) in [7, 11) is 0. The van der Waals surface area contributed by atoms with Crippen molar-refractivity contribution in [3.8, 4) is 0 Å². The van der Waals surface area contributed by atoms with Crippen molar-refractivity contribution in [2.45, 2.75) is 41.0 Å². The molecule has 0 rings (SSSR count). The zero-order chi connectivity index (χ0) is 9.56. The summed E-state index contributed by atoms with van der Waals surface area (Å²) in [4.78, 5) is 4.44. The molecular formula is C11H23N. The Balaban J connectivity index is 3.59. The van der Waals surface area contributed by atoms with Crippen LogP contribution < -0.4 is 0 Å². The van der Waals surface area contributed by atoms with Gasteiger partial charge in [0.05, 0.1) is 0 Å². The third-order valence-corrected chi connectivity index (χ3v) is 2.54. The molecule has 1 heteroatoms. The number of aliphatic imine (C=N–C) groups is 1. The van der Waals surface area contributed by atoms with Crippen LogP contribution in [0.5, 0.6) is 0 Å². The van der Waals surface area contributed by atoms with Crippen LogP contribution in [-0.2, 0) is 0 Å². The van der Waals surface area contributed by atoms with E-state index in [-0.39, 0.29) is 0 Å². The van der Waals surface area contributed by atoms with Crippen molar-refractivity contribution in [3.05, 3.63) is 0 Å². The van der Waals surface area contributed by atoms with Crippen LogP contribution in [0.2, 0.25) is 0 Å². The lowest BCUT2D eigenvalue weighted by atomic mass is 9.98. The summed E-state index contributed by atoms with van der Waals surface area (Å²) in [5, 5.41) is 0. The lowest BCUT2D eigenvalue weighted by Gasteiger charge is -2.12. The Morgan fingerprint density at radius 1 is 1.17 bits per heavy atom. The molecule has 0 bridgehead atoms. The van der Waals surface area contributed by atoms with Crippen LogP contribution in [0.1, 0.15) is 41.0 Å². The molecule has 0 amide bonds. The van der Waals surface area contributed by atoms with Gasteiger partial charge in [-0.3, -0.25) is 4.99 Å². The van der Waals surface area contributed by atoms with Crippen molar-refractivity contribution in [3.63, 3.8) is 0 Å². The van der Waals surface area contributed by atoms with E-state index in [1.54, 1.807) is 0 Å². The van der Waals surface area contributed by atoms with E-state index in [1.165, 1.54) is 6.42 Å². The van der Waals surface area contributed by atoms with Crippen LogP contribution >= 0.6 is 0 Å². The Bertz CT molecular complexity index is 127. The number of rotatable bonds is 5. The normalized spacial score (nSPS) is 17.2. The molecule has 0 aromatic heterocycles. The van der Waals surface area contributed by atoms with E-state index in [4.69, 9.17) is 0 Å². The van der Waals surface area contributed by atoms with Crippen LogP contribution in [-0.4, -0.2) is 12.8 Å². The van der Waals surface area contributed by atoms with Gasteiger partial charge in [-0.05, 0) is 24.2 Å². The molecule has 0 aliphatic rings. The summed E-state index contributed by atoms with van der Waals surface area (Å²) >= 11 is 0. The van der Waals surface area contributed by atoms with Crippen molar-refractivity contribution in [2.24, 2.45) is 22.7 Å². The number of hydrogen-bond acceptors (Lipinski definition) is 1. The van der Waals surface area contributed by atoms with Crippen molar-refractivity contribution >= 4 is 6.21 Å². The molecule has 2 unspecified atom stereocenters. The van der Waals surface area contributed by atoms with E-state index >= 15 is 0 Å². The zero-order valence-corrected chi connectivity index (χ0v) is 9.17. The highest BCUT2D eigenvalue weighted by Gasteiger charge is 2.04. The first kappa shape index (κ1) is 11.7. The molecule has 12 heavy (non-hydrogen) atoms. The standard InChI is InChI=1S/C11H23N/c1-6-10(4)7-12-8-11(5)9(2)3/h7,9-11H,6,8H2,1-5H3/b12-7-. The fourth-order valence-electron chi connectivity index (χ4n) is 0.723. The minimum Gasteiger partial charge on any atom is -0.297 e. The van der Waals surface area contributed by atoms with Crippen molar-refractivity contribution in [2.75, 3.05) is 6.54 Å². The van der Waals surface area contributed by atoms with Crippen molar-refractivity contribution in [1.29, 1.82) is 0 Å². The van der Waals surface area contributed by atoms with Crippen LogP contribution in [0.4, 0.5) is 0 Å². The lowest BCUT2D eigenvalue weighted by Crippen LogP contribution is -2.08. The highest BCUT2D eigenvalue weighted by Crippen LogP contribution is 2.09. The molecule has 0 aromatic carbocycles. The van der Waals surface area contributed by atoms with Gasteiger partial charge in [-0.1, -0.05) is 34.6 Å². The summed E-state index contributed by atoms with van der Waals surface area (Å²) in [5.41, 5.74) is 0. The maximum absolute atomic E-state index is 4.44. The Morgan fingerprint density at radius 2 is 1.75 bits per heavy atom. The average Bonchev–Trinajstić information content (AvgIpc) is 2.03. The first-order valence-electron chi connectivity index (χ1n) is 5.07. The van der Waals surface area contributed by atoms with Crippen LogP contribution in [0.15, 0.2) is 4.99 Å². The van der Waals surface area contributed by atoms with E-state index in [0.29, 0.717) is 11.8 Å². The molecule has 1 nitrogen and oxygen atoms in total. The van der Waals surface area contributed by atoms with Crippen LogP contribution in [0.25, 0.3) is 0 Å². The highest BCUT2D eigenvalue weighted by molar-refractivity contribution is 5.59. The molecule has 72 valence electrons. The third-order valence-electron chi connectivity index (χ3n) is 2.54. The SMILES string of the molecule is CCC(C)/C=N\CC(C)C(C)C. The monoisotopic (exact) mass is 169 g/mol. The second-order valence-electron chi connectivity index (χ2n) is 4.12. The Hall–Kier alpha value is -0.330. The van der Waals surface area contributed by atoms with E-state index < -0.39 is 0 Å². The minimum absolute atomic E-state index is 0.643. The second kappa shape index (κ2) is 6.22. The number of hydrogen-bond donors (Lipinski definition) is 0. The lowest BCUT2D eigenvalue weighted by molar-refractivity contribution is 0.430. The summed E-state index contributed by atoms with van der Waals surface area (Å²) < 4.78 is 0. The molecule has 0 aromatic rings. The fraction of sp³-hybridized carbons (Fsp3) is 0.909. The first-order valence-corrected chi connectivity index (χ1v) is 5.07. The van der Waals surface area contributed by atoms with E-state index in [2.05, 4.69) is 45.8 Å². The predicted molar refractivity (Wildman–Crippen MR) is 56.8 cm³/mol. The minimum atomic E-state index is 0.643. The quantitative estimate of drug-likeness (QED) is 0.559. The average molecular weight is 169 g/mol. The van der Waals surface area contributed by atoms with Gasteiger partial charge in [-0.15, -0.1) is 0 Å². The summed E-state index contributed by atoms with van der Waals surface area (Å²) in [6.45, 7) is 12.2. The van der Waals surface area contributed by atoms with Gasteiger partial charge in [0.15, 0.2) is 0 Å². The number of nitrogens with zero attached hydrogens (tertiary/aromatic N) is 1. The molecule has 0 saturated carbocycles. The molecule has 0 heterocycles. The first-order chi connectivity index (χ1) is 5.57. The van der Waals surface area contributed by atoms with Crippen LogP contribution in [0, 0.1) is 17.8 Å². The van der Waals surface area contributed by atoms with Gasteiger partial charge in [0.1, 0.15) is 0 Å². The summed E-state index contributed by atoms with van der Waals surface area (Å²) in [6, 6.07) is 0. The topological polar surface area (TPSA) is 12.4 Å². The Labute approximate surface area is 77.3 Å². The van der Waals surface area contributed by atoms with Crippen molar-refractivity contribution in [1.82, 2.24) is 0 Å².